The quantitative estimate of drug-likeness (QED) is 0.832. The van der Waals surface area contributed by atoms with E-state index >= 15 is 0 Å². The second-order valence-electron chi connectivity index (χ2n) is 6.75. The fraction of sp³-hybridized carbons (Fsp3) is 0.381. The molecule has 0 radical (unpaired) electrons. The number of allylic oxidation sites excluding steroid dienone is 4. The first-order valence-corrected chi connectivity index (χ1v) is 9.06. The molecule has 1 fully saturated rings. The number of nitrogens with zero attached hydrogens (tertiary/aromatic N) is 1. The van der Waals surface area contributed by atoms with E-state index in [9.17, 15) is 4.39 Å². The minimum Gasteiger partial charge on any atom is -0.491 e. The first kappa shape index (κ1) is 16.1. The fourth-order valence-corrected chi connectivity index (χ4v) is 3.19. The molecule has 1 N–H and O–H groups in total. The molecular weight excluding hydrogens is 315 g/mol. The van der Waals surface area contributed by atoms with E-state index in [0.29, 0.717) is 17.7 Å². The second-order valence-corrected chi connectivity index (χ2v) is 6.75. The normalized spacial score (nSPS) is 25.6. The van der Waals surface area contributed by atoms with Gasteiger partial charge in [-0.25, -0.2) is 4.39 Å². The summed E-state index contributed by atoms with van der Waals surface area (Å²) in [6, 6.07) is 8.38. The molecule has 0 bridgehead atoms. The number of alkyl halides is 1. The molecule has 3 nitrogen and oxygen atoms in total. The molecule has 4 rings (SSSR count). The van der Waals surface area contributed by atoms with Crippen molar-refractivity contribution in [1.29, 1.82) is 0 Å². The summed E-state index contributed by atoms with van der Waals surface area (Å²) in [5.41, 5.74) is 4.40. The third kappa shape index (κ3) is 4.01. The average Bonchev–Trinajstić information content (AvgIpc) is 3.35. The minimum absolute atomic E-state index is 0.0982. The smallest absolute Gasteiger partial charge is 0.123 e. The highest BCUT2D eigenvalue weighted by Crippen LogP contribution is 2.31. The van der Waals surface area contributed by atoms with E-state index in [1.165, 1.54) is 18.5 Å². The predicted octanol–water partition coefficient (Wildman–Crippen LogP) is 4.43. The van der Waals surface area contributed by atoms with E-state index < -0.39 is 6.67 Å². The number of fused-ring (bicyclic) bond motifs is 1. The summed E-state index contributed by atoms with van der Waals surface area (Å²) in [5.74, 6) is 1.07. The van der Waals surface area contributed by atoms with E-state index in [1.807, 2.05) is 24.3 Å². The number of nitrogens with one attached hydrogen (secondary N) is 1. The van der Waals surface area contributed by atoms with Gasteiger partial charge in [0.2, 0.25) is 0 Å². The number of hydrogen-bond donors (Lipinski definition) is 1. The van der Waals surface area contributed by atoms with Crippen molar-refractivity contribution in [1.82, 2.24) is 5.32 Å². The third-order valence-electron chi connectivity index (χ3n) is 4.68. The van der Waals surface area contributed by atoms with Gasteiger partial charge in [-0.1, -0.05) is 6.08 Å². The summed E-state index contributed by atoms with van der Waals surface area (Å²) < 4.78 is 17.5. The molecule has 0 spiro atoms. The highest BCUT2D eigenvalue weighted by Gasteiger charge is 2.24. The van der Waals surface area contributed by atoms with Crippen LogP contribution >= 0.6 is 0 Å². The van der Waals surface area contributed by atoms with Crippen molar-refractivity contribution in [2.45, 2.75) is 31.7 Å². The highest BCUT2D eigenvalue weighted by atomic mass is 19.1. The van der Waals surface area contributed by atoms with Gasteiger partial charge < -0.3 is 10.1 Å². The SMILES string of the molecule is FCCOc1ccc(C2=CC3CC/C=C\C(NC4CC4)=C/C3=N2)cc1. The van der Waals surface area contributed by atoms with Crippen LogP contribution in [0, 0.1) is 5.92 Å². The molecule has 2 aliphatic carbocycles. The van der Waals surface area contributed by atoms with E-state index in [1.54, 1.807) is 0 Å². The van der Waals surface area contributed by atoms with Crippen molar-refractivity contribution in [3.05, 3.63) is 59.8 Å². The van der Waals surface area contributed by atoms with Crippen molar-refractivity contribution in [3.63, 3.8) is 0 Å². The van der Waals surface area contributed by atoms with Gasteiger partial charge >= 0.3 is 0 Å². The number of benzene rings is 1. The molecule has 1 saturated carbocycles. The molecule has 25 heavy (non-hydrogen) atoms. The van der Waals surface area contributed by atoms with E-state index in [4.69, 9.17) is 9.73 Å². The molecule has 1 aromatic rings. The van der Waals surface area contributed by atoms with Crippen LogP contribution in [0.5, 0.6) is 5.75 Å². The minimum atomic E-state index is -0.472. The Morgan fingerprint density at radius 1 is 1.16 bits per heavy atom. The van der Waals surface area contributed by atoms with Gasteiger partial charge in [-0.05, 0) is 68.2 Å². The zero-order chi connectivity index (χ0) is 17.1. The number of halogens is 1. The molecule has 0 aromatic heterocycles. The molecule has 1 aliphatic heterocycles. The van der Waals surface area contributed by atoms with Crippen LogP contribution in [-0.4, -0.2) is 25.0 Å². The average molecular weight is 338 g/mol. The summed E-state index contributed by atoms with van der Waals surface area (Å²) in [4.78, 5) is 4.88. The zero-order valence-electron chi connectivity index (χ0n) is 14.2. The van der Waals surface area contributed by atoms with Gasteiger partial charge in [0.25, 0.3) is 0 Å². The lowest BCUT2D eigenvalue weighted by Crippen LogP contribution is -2.18. The van der Waals surface area contributed by atoms with Crippen LogP contribution in [0.4, 0.5) is 4.39 Å². The zero-order valence-corrected chi connectivity index (χ0v) is 14.2. The van der Waals surface area contributed by atoms with E-state index in [0.717, 1.165) is 29.8 Å². The molecule has 1 atom stereocenters. The summed E-state index contributed by atoms with van der Waals surface area (Å²) in [6.07, 6.45) is 13.6. The number of ether oxygens (including phenoxy) is 1. The Labute approximate surface area is 148 Å². The van der Waals surface area contributed by atoms with Gasteiger partial charge in [0, 0.05) is 23.2 Å². The topological polar surface area (TPSA) is 33.6 Å². The monoisotopic (exact) mass is 338 g/mol. The van der Waals surface area contributed by atoms with Gasteiger partial charge in [-0.3, -0.25) is 4.99 Å². The summed E-state index contributed by atoms with van der Waals surface area (Å²) >= 11 is 0. The van der Waals surface area contributed by atoms with Gasteiger partial charge in [0.05, 0.1) is 11.4 Å². The maximum Gasteiger partial charge on any atom is 0.123 e. The Morgan fingerprint density at radius 2 is 2.00 bits per heavy atom. The first-order valence-electron chi connectivity index (χ1n) is 9.06. The van der Waals surface area contributed by atoms with E-state index in [-0.39, 0.29) is 6.61 Å². The number of hydrogen-bond acceptors (Lipinski definition) is 3. The van der Waals surface area contributed by atoms with E-state index in [2.05, 4.69) is 29.6 Å². The number of rotatable bonds is 6. The lowest BCUT2D eigenvalue weighted by molar-refractivity contribution is 0.273. The largest absolute Gasteiger partial charge is 0.491 e. The standard InChI is InChI=1S/C21H23FN2O/c22-11-12-25-19-9-5-15(6-10-19)20-13-16-3-1-2-4-18(14-21(16)24-20)23-17-7-8-17/h2,4-6,9-10,13-14,16-17,23H,1,3,7-8,11-12H2/b4-2-,18-14+. The Kier molecular flexibility index (Phi) is 4.68. The molecule has 3 aliphatic rings. The Balaban J connectivity index is 1.52. The van der Waals surface area contributed by atoms with Crippen molar-refractivity contribution < 1.29 is 9.13 Å². The molecule has 0 saturated heterocycles. The van der Waals surface area contributed by atoms with Crippen molar-refractivity contribution in [2.24, 2.45) is 10.9 Å². The molecule has 0 amide bonds. The Bertz CT molecular complexity index is 742. The summed E-state index contributed by atoms with van der Waals surface area (Å²) in [5, 5.41) is 3.58. The fourth-order valence-electron chi connectivity index (χ4n) is 3.19. The van der Waals surface area contributed by atoms with Crippen molar-refractivity contribution in [2.75, 3.05) is 13.3 Å². The molecule has 1 aromatic carbocycles. The lowest BCUT2D eigenvalue weighted by Gasteiger charge is -2.13. The van der Waals surface area contributed by atoms with Crippen molar-refractivity contribution in [3.8, 4) is 5.75 Å². The summed E-state index contributed by atoms with van der Waals surface area (Å²) in [6.45, 7) is -0.374. The van der Waals surface area contributed by atoms with Gasteiger partial charge in [-0.2, -0.15) is 0 Å². The predicted molar refractivity (Wildman–Crippen MR) is 99.4 cm³/mol. The maximum absolute atomic E-state index is 12.2. The van der Waals surface area contributed by atoms with Crippen LogP contribution in [0.2, 0.25) is 0 Å². The van der Waals surface area contributed by atoms with Crippen LogP contribution < -0.4 is 10.1 Å². The Morgan fingerprint density at radius 3 is 2.76 bits per heavy atom. The lowest BCUT2D eigenvalue weighted by atomic mass is 9.95. The van der Waals surface area contributed by atoms with Crippen LogP contribution in [0.1, 0.15) is 31.2 Å². The van der Waals surface area contributed by atoms with Crippen molar-refractivity contribution >= 4 is 11.4 Å². The molecule has 130 valence electrons. The van der Waals surface area contributed by atoms with Gasteiger partial charge in [0.1, 0.15) is 19.0 Å². The highest BCUT2D eigenvalue weighted by molar-refractivity contribution is 6.05. The molecular formula is C21H23FN2O. The molecule has 4 heteroatoms. The van der Waals surface area contributed by atoms with Gasteiger partial charge in [-0.15, -0.1) is 0 Å². The number of aliphatic imine (C=N–C) groups is 1. The van der Waals surface area contributed by atoms with Crippen LogP contribution in [0.25, 0.3) is 5.70 Å². The third-order valence-corrected chi connectivity index (χ3v) is 4.68. The molecule has 1 unspecified atom stereocenters. The van der Waals surface area contributed by atoms with Gasteiger partial charge in [0.15, 0.2) is 0 Å². The van der Waals surface area contributed by atoms with Crippen LogP contribution in [0.3, 0.4) is 0 Å². The maximum atomic E-state index is 12.2. The van der Waals surface area contributed by atoms with Crippen LogP contribution in [0.15, 0.2) is 59.3 Å². The summed E-state index contributed by atoms with van der Waals surface area (Å²) in [7, 11) is 0. The van der Waals surface area contributed by atoms with Crippen LogP contribution in [-0.2, 0) is 0 Å². The Hall–Kier alpha value is -2.36. The first-order chi connectivity index (χ1) is 12.3. The molecule has 1 heterocycles. The second kappa shape index (κ2) is 7.26.